The van der Waals surface area contributed by atoms with Crippen LogP contribution in [0.25, 0.3) is 0 Å². The second-order valence-electron chi connectivity index (χ2n) is 5.00. The lowest BCUT2D eigenvalue weighted by Crippen LogP contribution is -2.40. The molecule has 5 nitrogen and oxygen atoms in total. The van der Waals surface area contributed by atoms with Gasteiger partial charge in [-0.05, 0) is 36.6 Å². The van der Waals surface area contributed by atoms with Crippen LogP contribution in [0, 0.1) is 5.82 Å². The first-order valence-corrected chi connectivity index (χ1v) is 8.88. The van der Waals surface area contributed by atoms with E-state index in [2.05, 4.69) is 5.32 Å². The molecular formula is C14H13FN2O3S2. The number of benzene rings is 1. The highest BCUT2D eigenvalue weighted by molar-refractivity contribution is 7.94. The summed E-state index contributed by atoms with van der Waals surface area (Å²) in [4.78, 5) is 12.1. The Morgan fingerprint density at radius 1 is 1.36 bits per heavy atom. The molecule has 0 spiro atoms. The fourth-order valence-corrected chi connectivity index (χ4v) is 5.01. The number of amides is 1. The van der Waals surface area contributed by atoms with E-state index in [1.807, 2.05) is 0 Å². The maximum Gasteiger partial charge on any atom is 0.273 e. The minimum Gasteiger partial charge on any atom is -0.348 e. The summed E-state index contributed by atoms with van der Waals surface area (Å²) in [6.07, 6.45) is 0. The van der Waals surface area contributed by atoms with Crippen molar-refractivity contribution in [2.75, 3.05) is 10.8 Å². The van der Waals surface area contributed by atoms with Crippen LogP contribution in [-0.4, -0.2) is 26.9 Å². The fourth-order valence-electron chi connectivity index (χ4n) is 2.34. The van der Waals surface area contributed by atoms with Gasteiger partial charge in [-0.2, -0.15) is 0 Å². The number of carbonyl (C=O) groups excluding carboxylic acids is 1. The van der Waals surface area contributed by atoms with Crippen molar-refractivity contribution in [3.05, 3.63) is 47.1 Å². The van der Waals surface area contributed by atoms with Crippen molar-refractivity contribution < 1.29 is 17.6 Å². The number of nitrogens with one attached hydrogen (secondary N) is 1. The molecule has 1 atom stereocenters. The van der Waals surface area contributed by atoms with E-state index in [-0.39, 0.29) is 22.0 Å². The smallest absolute Gasteiger partial charge is 0.273 e. The Hall–Kier alpha value is -1.93. The predicted molar refractivity (Wildman–Crippen MR) is 82.2 cm³/mol. The van der Waals surface area contributed by atoms with E-state index in [9.17, 15) is 17.6 Å². The zero-order valence-electron chi connectivity index (χ0n) is 11.6. The summed E-state index contributed by atoms with van der Waals surface area (Å²) in [6.45, 7) is 1.75. The van der Waals surface area contributed by atoms with Crippen LogP contribution >= 0.6 is 11.3 Å². The molecule has 0 radical (unpaired) electrons. The van der Waals surface area contributed by atoms with Crippen molar-refractivity contribution in [2.45, 2.75) is 17.2 Å². The summed E-state index contributed by atoms with van der Waals surface area (Å²) >= 11 is 1.08. The summed E-state index contributed by atoms with van der Waals surface area (Å²) in [5.41, 5.74) is 0.209. The number of carbonyl (C=O) groups is 1. The number of rotatable bonds is 2. The van der Waals surface area contributed by atoms with Gasteiger partial charge in [-0.3, -0.25) is 9.10 Å². The molecule has 0 bridgehead atoms. The van der Waals surface area contributed by atoms with Gasteiger partial charge in [-0.1, -0.05) is 6.07 Å². The third kappa shape index (κ3) is 2.48. The standard InChI is InChI=1S/C14H13FN2O3S2/c1-9-8-17(22(19,20)13-3-2-6-21-13)12-7-10(15)4-5-11(12)14(18)16-9/h2-7,9H,8H2,1H3,(H,16,18). The van der Waals surface area contributed by atoms with Crippen LogP contribution in [0.3, 0.4) is 0 Å². The van der Waals surface area contributed by atoms with Crippen molar-refractivity contribution in [3.8, 4) is 0 Å². The zero-order chi connectivity index (χ0) is 15.9. The van der Waals surface area contributed by atoms with Gasteiger partial charge in [0.05, 0.1) is 17.8 Å². The molecule has 1 aromatic carbocycles. The number of fused-ring (bicyclic) bond motifs is 1. The molecule has 1 unspecified atom stereocenters. The molecule has 1 aliphatic rings. The molecular weight excluding hydrogens is 327 g/mol. The number of halogens is 1. The lowest BCUT2D eigenvalue weighted by Gasteiger charge is -2.24. The first-order valence-electron chi connectivity index (χ1n) is 6.56. The second kappa shape index (κ2) is 5.36. The number of thiophene rings is 1. The number of nitrogens with zero attached hydrogens (tertiary/aromatic N) is 1. The van der Waals surface area contributed by atoms with Crippen LogP contribution < -0.4 is 9.62 Å². The number of hydrogen-bond acceptors (Lipinski definition) is 4. The first-order chi connectivity index (χ1) is 10.4. The Labute approximate surface area is 131 Å². The van der Waals surface area contributed by atoms with Gasteiger partial charge in [-0.25, -0.2) is 12.8 Å². The predicted octanol–water partition coefficient (Wildman–Crippen LogP) is 2.21. The molecule has 8 heteroatoms. The Kier molecular flexibility index (Phi) is 3.65. The van der Waals surface area contributed by atoms with E-state index >= 15 is 0 Å². The SMILES string of the molecule is CC1CN(S(=O)(=O)c2cccs2)c2cc(F)ccc2C(=O)N1. The molecule has 0 saturated heterocycles. The lowest BCUT2D eigenvalue weighted by molar-refractivity contribution is 0.0945. The van der Waals surface area contributed by atoms with Gasteiger partial charge in [0.1, 0.15) is 10.0 Å². The summed E-state index contributed by atoms with van der Waals surface area (Å²) in [5, 5.41) is 4.36. The third-order valence-electron chi connectivity index (χ3n) is 3.33. The van der Waals surface area contributed by atoms with Crippen LogP contribution in [-0.2, 0) is 10.0 Å². The third-order valence-corrected chi connectivity index (χ3v) is 6.48. The summed E-state index contributed by atoms with van der Waals surface area (Å²) in [5.74, 6) is -1.00. The summed E-state index contributed by atoms with van der Waals surface area (Å²) in [6, 6.07) is 6.26. The van der Waals surface area contributed by atoms with E-state index in [4.69, 9.17) is 0 Å². The zero-order valence-corrected chi connectivity index (χ0v) is 13.2. The minimum atomic E-state index is -3.84. The molecule has 0 fully saturated rings. The van der Waals surface area contributed by atoms with E-state index in [1.165, 1.54) is 12.1 Å². The van der Waals surface area contributed by atoms with Crippen molar-refractivity contribution in [3.63, 3.8) is 0 Å². The van der Waals surface area contributed by atoms with Crippen LogP contribution in [0.1, 0.15) is 17.3 Å². The highest BCUT2D eigenvalue weighted by atomic mass is 32.2. The Morgan fingerprint density at radius 2 is 2.14 bits per heavy atom. The normalized spacial score (nSPS) is 18.5. The van der Waals surface area contributed by atoms with Gasteiger partial charge >= 0.3 is 0 Å². The summed E-state index contributed by atoms with van der Waals surface area (Å²) in [7, 11) is -3.84. The quantitative estimate of drug-likeness (QED) is 0.911. The van der Waals surface area contributed by atoms with E-state index in [0.717, 1.165) is 27.8 Å². The van der Waals surface area contributed by atoms with Gasteiger partial charge in [0.15, 0.2) is 0 Å². The monoisotopic (exact) mass is 340 g/mol. The highest BCUT2D eigenvalue weighted by Gasteiger charge is 2.33. The molecule has 1 N–H and O–H groups in total. The van der Waals surface area contributed by atoms with Crippen LogP contribution in [0.2, 0.25) is 0 Å². The average molecular weight is 340 g/mol. The Morgan fingerprint density at radius 3 is 2.82 bits per heavy atom. The van der Waals surface area contributed by atoms with Gasteiger partial charge in [-0.15, -0.1) is 11.3 Å². The number of hydrogen-bond donors (Lipinski definition) is 1. The molecule has 22 heavy (non-hydrogen) atoms. The van der Waals surface area contributed by atoms with Gasteiger partial charge < -0.3 is 5.32 Å². The lowest BCUT2D eigenvalue weighted by atomic mass is 10.1. The van der Waals surface area contributed by atoms with E-state index in [1.54, 1.807) is 18.4 Å². The van der Waals surface area contributed by atoms with Gasteiger partial charge in [0.25, 0.3) is 15.9 Å². The first kappa shape index (κ1) is 15.0. The largest absolute Gasteiger partial charge is 0.348 e. The minimum absolute atomic E-state index is 0.0441. The number of anilines is 1. The maximum atomic E-state index is 13.6. The van der Waals surface area contributed by atoms with Gasteiger partial charge in [0.2, 0.25) is 0 Å². The average Bonchev–Trinajstić information content (AvgIpc) is 2.95. The molecule has 2 aromatic rings. The summed E-state index contributed by atoms with van der Waals surface area (Å²) < 4.78 is 40.5. The second-order valence-corrected chi connectivity index (χ2v) is 8.04. The molecule has 116 valence electrons. The Balaban J connectivity index is 2.20. The molecule has 3 rings (SSSR count). The van der Waals surface area contributed by atoms with Crippen molar-refractivity contribution in [1.82, 2.24) is 5.32 Å². The van der Waals surface area contributed by atoms with Gasteiger partial charge in [0, 0.05) is 6.04 Å². The van der Waals surface area contributed by atoms with Crippen LogP contribution in [0.4, 0.5) is 10.1 Å². The molecule has 1 aromatic heterocycles. The van der Waals surface area contributed by atoms with E-state index < -0.39 is 27.8 Å². The van der Waals surface area contributed by atoms with Crippen molar-refractivity contribution >= 4 is 33.0 Å². The topological polar surface area (TPSA) is 66.5 Å². The fraction of sp³-hybridized carbons (Fsp3) is 0.214. The highest BCUT2D eigenvalue weighted by Crippen LogP contribution is 2.31. The molecule has 1 amide bonds. The molecule has 0 saturated carbocycles. The van der Waals surface area contributed by atoms with Crippen LogP contribution in [0.5, 0.6) is 0 Å². The van der Waals surface area contributed by atoms with E-state index in [0.29, 0.717) is 0 Å². The number of sulfonamides is 1. The van der Waals surface area contributed by atoms with Crippen molar-refractivity contribution in [2.24, 2.45) is 0 Å². The maximum absolute atomic E-state index is 13.6. The Bertz CT molecular complexity index is 819. The molecule has 2 heterocycles. The molecule has 0 aliphatic carbocycles. The van der Waals surface area contributed by atoms with Crippen molar-refractivity contribution in [1.29, 1.82) is 0 Å². The molecule has 1 aliphatic heterocycles. The van der Waals surface area contributed by atoms with Crippen LogP contribution in [0.15, 0.2) is 39.9 Å².